The number of amides is 1. The Morgan fingerprint density at radius 3 is 2.75 bits per heavy atom. The highest BCUT2D eigenvalue weighted by atomic mass is 35.5. The molecule has 1 fully saturated rings. The molecule has 1 aliphatic rings. The van der Waals surface area contributed by atoms with Gasteiger partial charge < -0.3 is 10.2 Å². The minimum atomic E-state index is 0. The van der Waals surface area contributed by atoms with Crippen molar-refractivity contribution in [2.24, 2.45) is 0 Å². The van der Waals surface area contributed by atoms with E-state index >= 15 is 0 Å². The van der Waals surface area contributed by atoms with Crippen molar-refractivity contribution in [2.45, 2.75) is 38.1 Å². The predicted molar refractivity (Wildman–Crippen MR) is 85.3 cm³/mol. The molecule has 1 saturated heterocycles. The van der Waals surface area contributed by atoms with Gasteiger partial charge in [-0.05, 0) is 37.8 Å². The molecular weight excluding hydrogens is 272 g/mol. The molecule has 20 heavy (non-hydrogen) atoms. The van der Waals surface area contributed by atoms with E-state index in [9.17, 15) is 4.79 Å². The van der Waals surface area contributed by atoms with E-state index in [0.717, 1.165) is 25.9 Å². The molecule has 112 valence electrons. The molecular formula is C16H25ClN2O. The Morgan fingerprint density at radius 2 is 2.10 bits per heavy atom. The third kappa shape index (κ3) is 5.51. The van der Waals surface area contributed by atoms with Crippen LogP contribution in [0.2, 0.25) is 0 Å². The van der Waals surface area contributed by atoms with E-state index < -0.39 is 0 Å². The monoisotopic (exact) mass is 296 g/mol. The molecule has 0 saturated carbocycles. The van der Waals surface area contributed by atoms with Crippen LogP contribution >= 0.6 is 12.4 Å². The van der Waals surface area contributed by atoms with E-state index in [0.29, 0.717) is 12.5 Å². The van der Waals surface area contributed by atoms with Crippen LogP contribution < -0.4 is 5.32 Å². The largest absolute Gasteiger partial charge is 0.345 e. The van der Waals surface area contributed by atoms with Gasteiger partial charge in [0.2, 0.25) is 5.91 Å². The number of rotatable bonds is 6. The topological polar surface area (TPSA) is 32.3 Å². The molecule has 4 heteroatoms. The van der Waals surface area contributed by atoms with Crippen LogP contribution in [0.25, 0.3) is 0 Å². The molecule has 2 rings (SSSR count). The summed E-state index contributed by atoms with van der Waals surface area (Å²) in [6.45, 7) is 1.92. The Hall–Kier alpha value is -1.06. The van der Waals surface area contributed by atoms with Crippen LogP contribution in [0, 0.1) is 0 Å². The van der Waals surface area contributed by atoms with E-state index in [1.807, 2.05) is 30.1 Å². The van der Waals surface area contributed by atoms with Crippen LogP contribution in [0.1, 0.15) is 31.2 Å². The number of nitrogens with zero attached hydrogens (tertiary/aromatic N) is 1. The van der Waals surface area contributed by atoms with Crippen LogP contribution in [0.15, 0.2) is 30.3 Å². The number of nitrogens with one attached hydrogen (secondary N) is 1. The molecule has 0 aliphatic carbocycles. The molecule has 0 spiro atoms. The summed E-state index contributed by atoms with van der Waals surface area (Å²) in [5.41, 5.74) is 1.29. The first-order chi connectivity index (χ1) is 9.25. The van der Waals surface area contributed by atoms with Gasteiger partial charge in [-0.1, -0.05) is 30.3 Å². The minimum Gasteiger partial charge on any atom is -0.345 e. The van der Waals surface area contributed by atoms with Crippen LogP contribution in [-0.2, 0) is 11.2 Å². The van der Waals surface area contributed by atoms with Crippen molar-refractivity contribution in [2.75, 3.05) is 20.1 Å². The van der Waals surface area contributed by atoms with Gasteiger partial charge in [0.05, 0.1) is 0 Å². The molecule has 0 aromatic heterocycles. The number of likely N-dealkylation sites (N-methyl/N-ethyl adjacent to an activating group) is 1. The number of carbonyl (C=O) groups is 1. The number of carbonyl (C=O) groups excluding carboxylic acids is 1. The van der Waals surface area contributed by atoms with Gasteiger partial charge in [-0.3, -0.25) is 4.79 Å². The van der Waals surface area contributed by atoms with Gasteiger partial charge in [0.25, 0.3) is 0 Å². The normalized spacial score (nSPS) is 17.6. The highest BCUT2D eigenvalue weighted by Crippen LogP contribution is 2.11. The maximum absolute atomic E-state index is 12.0. The van der Waals surface area contributed by atoms with Crippen LogP contribution in [0.3, 0.4) is 0 Å². The van der Waals surface area contributed by atoms with Gasteiger partial charge in [-0.2, -0.15) is 0 Å². The lowest BCUT2D eigenvalue weighted by Gasteiger charge is -2.18. The fraction of sp³-hybridized carbons (Fsp3) is 0.562. The van der Waals surface area contributed by atoms with Gasteiger partial charge >= 0.3 is 0 Å². The molecule has 1 amide bonds. The summed E-state index contributed by atoms with van der Waals surface area (Å²) in [5, 5.41) is 3.44. The lowest BCUT2D eigenvalue weighted by atomic mass is 10.1. The van der Waals surface area contributed by atoms with Crippen molar-refractivity contribution in [1.82, 2.24) is 10.2 Å². The Bertz CT molecular complexity index is 391. The summed E-state index contributed by atoms with van der Waals surface area (Å²) in [7, 11) is 1.91. The molecule has 0 radical (unpaired) electrons. The lowest BCUT2D eigenvalue weighted by Crippen LogP contribution is -2.30. The number of halogens is 1. The minimum absolute atomic E-state index is 0. The molecule has 1 aliphatic heterocycles. The maximum Gasteiger partial charge on any atom is 0.222 e. The van der Waals surface area contributed by atoms with Crippen molar-refractivity contribution < 1.29 is 4.79 Å². The molecule has 1 unspecified atom stereocenters. The molecule has 1 aromatic carbocycles. The third-order valence-corrected chi connectivity index (χ3v) is 3.87. The zero-order valence-electron chi connectivity index (χ0n) is 12.2. The lowest BCUT2D eigenvalue weighted by molar-refractivity contribution is -0.130. The fourth-order valence-electron chi connectivity index (χ4n) is 2.56. The summed E-state index contributed by atoms with van der Waals surface area (Å²) in [6.07, 6.45) is 5.06. The Morgan fingerprint density at radius 1 is 1.35 bits per heavy atom. The van der Waals surface area contributed by atoms with E-state index in [1.54, 1.807) is 0 Å². The molecule has 0 bridgehead atoms. The zero-order valence-corrected chi connectivity index (χ0v) is 13.0. The second kappa shape index (κ2) is 8.98. The maximum atomic E-state index is 12.0. The quantitative estimate of drug-likeness (QED) is 0.875. The van der Waals surface area contributed by atoms with Gasteiger partial charge in [0, 0.05) is 26.1 Å². The average Bonchev–Trinajstić information content (AvgIpc) is 2.96. The summed E-state index contributed by atoms with van der Waals surface area (Å²) in [6, 6.07) is 10.9. The van der Waals surface area contributed by atoms with Gasteiger partial charge in [-0.25, -0.2) is 0 Å². The molecule has 1 atom stereocenters. The Balaban J connectivity index is 0.00000200. The SMILES string of the molecule is CN(CCc1ccccc1)C(=O)CCC1CCCN1.Cl. The summed E-state index contributed by atoms with van der Waals surface area (Å²) in [4.78, 5) is 13.9. The third-order valence-electron chi connectivity index (χ3n) is 3.87. The molecule has 1 heterocycles. The highest BCUT2D eigenvalue weighted by Gasteiger charge is 2.16. The predicted octanol–water partition coefficient (Wildman–Crippen LogP) is 2.64. The standard InChI is InChI=1S/C16H24N2O.ClH/c1-18(13-11-14-6-3-2-4-7-14)16(19)10-9-15-8-5-12-17-15;/h2-4,6-7,15,17H,5,8-13H2,1H3;1H. The summed E-state index contributed by atoms with van der Waals surface area (Å²) >= 11 is 0. The molecule has 1 aromatic rings. The van der Waals surface area contributed by atoms with Crippen molar-refractivity contribution in [3.05, 3.63) is 35.9 Å². The number of hydrogen-bond donors (Lipinski definition) is 1. The van der Waals surface area contributed by atoms with E-state index in [2.05, 4.69) is 17.4 Å². The van der Waals surface area contributed by atoms with Crippen molar-refractivity contribution in [1.29, 1.82) is 0 Å². The van der Waals surface area contributed by atoms with Crippen molar-refractivity contribution >= 4 is 18.3 Å². The van der Waals surface area contributed by atoms with Crippen LogP contribution in [-0.4, -0.2) is 37.0 Å². The number of hydrogen-bond acceptors (Lipinski definition) is 2. The zero-order chi connectivity index (χ0) is 13.5. The first-order valence-electron chi connectivity index (χ1n) is 7.27. The number of benzene rings is 1. The first-order valence-corrected chi connectivity index (χ1v) is 7.27. The fourth-order valence-corrected chi connectivity index (χ4v) is 2.56. The van der Waals surface area contributed by atoms with E-state index in [1.165, 1.54) is 18.4 Å². The Labute approximate surface area is 128 Å². The van der Waals surface area contributed by atoms with Crippen LogP contribution in [0.4, 0.5) is 0 Å². The summed E-state index contributed by atoms with van der Waals surface area (Å²) < 4.78 is 0. The van der Waals surface area contributed by atoms with Crippen LogP contribution in [0.5, 0.6) is 0 Å². The van der Waals surface area contributed by atoms with E-state index in [-0.39, 0.29) is 18.3 Å². The summed E-state index contributed by atoms with van der Waals surface area (Å²) in [5.74, 6) is 0.268. The van der Waals surface area contributed by atoms with Gasteiger partial charge in [0.1, 0.15) is 0 Å². The van der Waals surface area contributed by atoms with Crippen molar-refractivity contribution in [3.8, 4) is 0 Å². The highest BCUT2D eigenvalue weighted by molar-refractivity contribution is 5.85. The Kier molecular flexibility index (Phi) is 7.63. The average molecular weight is 297 g/mol. The molecule has 3 nitrogen and oxygen atoms in total. The van der Waals surface area contributed by atoms with Gasteiger partial charge in [0.15, 0.2) is 0 Å². The molecule has 1 N–H and O–H groups in total. The smallest absolute Gasteiger partial charge is 0.222 e. The second-order valence-corrected chi connectivity index (χ2v) is 5.38. The van der Waals surface area contributed by atoms with Crippen molar-refractivity contribution in [3.63, 3.8) is 0 Å². The van der Waals surface area contributed by atoms with Gasteiger partial charge in [-0.15, -0.1) is 12.4 Å². The van der Waals surface area contributed by atoms with E-state index in [4.69, 9.17) is 0 Å². The second-order valence-electron chi connectivity index (χ2n) is 5.38. The first kappa shape index (κ1) is 17.0.